The molecule has 3 nitrogen and oxygen atoms in total. The van der Waals surface area contributed by atoms with E-state index in [-0.39, 0.29) is 10.8 Å². The van der Waals surface area contributed by atoms with Crippen LogP contribution in [0.4, 0.5) is 0 Å². The van der Waals surface area contributed by atoms with Crippen molar-refractivity contribution in [2.75, 3.05) is 0 Å². The summed E-state index contributed by atoms with van der Waals surface area (Å²) < 4.78 is 26.9. The second kappa shape index (κ2) is 5.61. The molecule has 2 aromatic carbocycles. The standard InChI is InChI=1S/C15H13Cl2NO2S/c16-8-13-7-14(5-6-15(13)17)21(19,20)18-9-11-3-1-2-4-12(11)10-18/h1-7H,8-10H2. The molecule has 6 heteroatoms. The zero-order valence-electron chi connectivity index (χ0n) is 11.1. The minimum Gasteiger partial charge on any atom is -0.207 e. The lowest BCUT2D eigenvalue weighted by atomic mass is 10.1. The molecule has 0 bridgehead atoms. The summed E-state index contributed by atoms with van der Waals surface area (Å²) in [6.07, 6.45) is 0. The van der Waals surface area contributed by atoms with Crippen LogP contribution in [-0.4, -0.2) is 12.7 Å². The fraction of sp³-hybridized carbons (Fsp3) is 0.200. The van der Waals surface area contributed by atoms with Gasteiger partial charge < -0.3 is 0 Å². The second-order valence-electron chi connectivity index (χ2n) is 4.93. The van der Waals surface area contributed by atoms with Gasteiger partial charge >= 0.3 is 0 Å². The average Bonchev–Trinajstić information content (AvgIpc) is 2.92. The fourth-order valence-electron chi connectivity index (χ4n) is 2.43. The first kappa shape index (κ1) is 14.9. The van der Waals surface area contributed by atoms with Gasteiger partial charge in [-0.2, -0.15) is 4.31 Å². The van der Waals surface area contributed by atoms with Crippen LogP contribution in [0.3, 0.4) is 0 Å². The van der Waals surface area contributed by atoms with Gasteiger partial charge in [0.05, 0.1) is 4.90 Å². The van der Waals surface area contributed by atoms with E-state index < -0.39 is 10.0 Å². The van der Waals surface area contributed by atoms with E-state index in [0.29, 0.717) is 23.7 Å². The van der Waals surface area contributed by atoms with Crippen LogP contribution in [0.25, 0.3) is 0 Å². The van der Waals surface area contributed by atoms with E-state index in [1.54, 1.807) is 12.1 Å². The lowest BCUT2D eigenvalue weighted by Crippen LogP contribution is -2.25. The summed E-state index contributed by atoms with van der Waals surface area (Å²) in [7, 11) is -3.54. The Morgan fingerprint density at radius 3 is 2.24 bits per heavy atom. The number of sulfonamides is 1. The number of hydrogen-bond acceptors (Lipinski definition) is 2. The highest BCUT2D eigenvalue weighted by Gasteiger charge is 2.30. The van der Waals surface area contributed by atoms with Crippen LogP contribution in [0.2, 0.25) is 5.02 Å². The summed E-state index contributed by atoms with van der Waals surface area (Å²) in [5, 5.41) is 0.480. The van der Waals surface area contributed by atoms with Crippen LogP contribution in [0.5, 0.6) is 0 Å². The number of hydrogen-bond donors (Lipinski definition) is 0. The quantitative estimate of drug-likeness (QED) is 0.796. The molecule has 0 aromatic heterocycles. The normalized spacial score (nSPS) is 15.1. The number of nitrogens with zero attached hydrogens (tertiary/aromatic N) is 1. The van der Waals surface area contributed by atoms with Gasteiger partial charge in [-0.3, -0.25) is 0 Å². The van der Waals surface area contributed by atoms with Crippen molar-refractivity contribution in [2.45, 2.75) is 23.9 Å². The molecule has 110 valence electrons. The molecule has 1 aliphatic rings. The lowest BCUT2D eigenvalue weighted by Gasteiger charge is -2.16. The van der Waals surface area contributed by atoms with Crippen LogP contribution in [-0.2, 0) is 29.0 Å². The molecule has 0 fully saturated rings. The second-order valence-corrected chi connectivity index (χ2v) is 7.54. The molecule has 1 heterocycles. The van der Waals surface area contributed by atoms with Crippen molar-refractivity contribution in [3.63, 3.8) is 0 Å². The van der Waals surface area contributed by atoms with E-state index in [1.807, 2.05) is 24.3 Å². The summed E-state index contributed by atoms with van der Waals surface area (Å²) in [4.78, 5) is 0.232. The van der Waals surface area contributed by atoms with Crippen LogP contribution in [0.15, 0.2) is 47.4 Å². The van der Waals surface area contributed by atoms with Gasteiger partial charge in [0.25, 0.3) is 0 Å². The van der Waals surface area contributed by atoms with E-state index in [0.717, 1.165) is 11.1 Å². The Bertz CT molecular complexity index is 765. The smallest absolute Gasteiger partial charge is 0.207 e. The van der Waals surface area contributed by atoms with Crippen molar-refractivity contribution in [3.05, 3.63) is 64.2 Å². The minimum atomic E-state index is -3.54. The van der Waals surface area contributed by atoms with Gasteiger partial charge in [0.1, 0.15) is 0 Å². The van der Waals surface area contributed by atoms with Crippen molar-refractivity contribution in [1.29, 1.82) is 0 Å². The number of rotatable bonds is 3. The predicted octanol–water partition coefficient (Wildman–Crippen LogP) is 3.78. The highest BCUT2D eigenvalue weighted by Crippen LogP contribution is 2.30. The van der Waals surface area contributed by atoms with Crippen molar-refractivity contribution in [1.82, 2.24) is 4.31 Å². The molecule has 0 radical (unpaired) electrons. The van der Waals surface area contributed by atoms with Crippen LogP contribution in [0.1, 0.15) is 16.7 Å². The molecule has 1 aliphatic heterocycles. The highest BCUT2D eigenvalue weighted by molar-refractivity contribution is 7.89. The molecule has 0 N–H and O–H groups in total. The zero-order chi connectivity index (χ0) is 15.0. The van der Waals surface area contributed by atoms with Gasteiger partial charge in [-0.05, 0) is 34.9 Å². The van der Waals surface area contributed by atoms with Gasteiger partial charge in [0.15, 0.2) is 0 Å². The van der Waals surface area contributed by atoms with Crippen molar-refractivity contribution >= 4 is 33.2 Å². The van der Waals surface area contributed by atoms with Gasteiger partial charge in [0, 0.05) is 24.0 Å². The molecule has 0 amide bonds. The number of fused-ring (bicyclic) bond motifs is 1. The van der Waals surface area contributed by atoms with E-state index in [9.17, 15) is 8.42 Å². The molecule has 3 rings (SSSR count). The molecule has 0 saturated heterocycles. The Labute approximate surface area is 134 Å². The van der Waals surface area contributed by atoms with Crippen LogP contribution in [0, 0.1) is 0 Å². The molecule has 0 atom stereocenters. The largest absolute Gasteiger partial charge is 0.243 e. The third-order valence-corrected chi connectivity index (χ3v) is 6.06. The maximum absolute atomic E-state index is 12.7. The summed E-state index contributed by atoms with van der Waals surface area (Å²) in [5.74, 6) is 0.183. The van der Waals surface area contributed by atoms with E-state index in [4.69, 9.17) is 23.2 Å². The number of alkyl halides is 1. The number of halogens is 2. The Balaban J connectivity index is 1.96. The molecular weight excluding hydrogens is 329 g/mol. The van der Waals surface area contributed by atoms with Gasteiger partial charge in [-0.25, -0.2) is 8.42 Å². The molecule has 2 aromatic rings. The topological polar surface area (TPSA) is 37.4 Å². The monoisotopic (exact) mass is 341 g/mol. The first-order valence-electron chi connectivity index (χ1n) is 6.43. The predicted molar refractivity (Wildman–Crippen MR) is 83.9 cm³/mol. The van der Waals surface area contributed by atoms with Crippen molar-refractivity contribution in [2.24, 2.45) is 0 Å². The summed E-state index contributed by atoms with van der Waals surface area (Å²) in [5.41, 5.74) is 2.72. The third-order valence-electron chi connectivity index (χ3n) is 3.61. The maximum Gasteiger partial charge on any atom is 0.243 e. The molecule has 0 unspecified atom stereocenters. The highest BCUT2D eigenvalue weighted by atomic mass is 35.5. The van der Waals surface area contributed by atoms with Crippen molar-refractivity contribution < 1.29 is 8.42 Å². The Morgan fingerprint density at radius 2 is 1.67 bits per heavy atom. The molecule has 0 aliphatic carbocycles. The van der Waals surface area contributed by atoms with Gasteiger partial charge in [0.2, 0.25) is 10.0 Å². The van der Waals surface area contributed by atoms with Crippen LogP contribution < -0.4 is 0 Å². The Morgan fingerprint density at radius 1 is 1.05 bits per heavy atom. The SMILES string of the molecule is O=S(=O)(c1ccc(Cl)c(CCl)c1)N1Cc2ccccc2C1. The molecule has 0 saturated carbocycles. The van der Waals surface area contributed by atoms with E-state index in [1.165, 1.54) is 10.4 Å². The Hall–Kier alpha value is -1.07. The van der Waals surface area contributed by atoms with Gasteiger partial charge in [-0.1, -0.05) is 35.9 Å². The van der Waals surface area contributed by atoms with Gasteiger partial charge in [-0.15, -0.1) is 11.6 Å². The average molecular weight is 342 g/mol. The summed E-state index contributed by atoms with van der Waals surface area (Å²) >= 11 is 11.8. The molecule has 21 heavy (non-hydrogen) atoms. The fourth-order valence-corrected chi connectivity index (χ4v) is 4.36. The van der Waals surface area contributed by atoms with E-state index >= 15 is 0 Å². The third kappa shape index (κ3) is 2.69. The first-order chi connectivity index (χ1) is 10.0. The molecule has 0 spiro atoms. The van der Waals surface area contributed by atoms with Crippen molar-refractivity contribution in [3.8, 4) is 0 Å². The first-order valence-corrected chi connectivity index (χ1v) is 8.79. The maximum atomic E-state index is 12.7. The molecular formula is C15H13Cl2NO2S. The van der Waals surface area contributed by atoms with Crippen LogP contribution >= 0.6 is 23.2 Å². The lowest BCUT2D eigenvalue weighted by molar-refractivity contribution is 0.431. The summed E-state index contributed by atoms with van der Waals surface area (Å²) in [6, 6.07) is 12.4. The Kier molecular flexibility index (Phi) is 3.97. The van der Waals surface area contributed by atoms with E-state index in [2.05, 4.69) is 0 Å². The minimum absolute atomic E-state index is 0.183. The number of benzene rings is 2. The summed E-state index contributed by atoms with van der Waals surface area (Å²) in [6.45, 7) is 0.800. The zero-order valence-corrected chi connectivity index (χ0v) is 13.4.